The second kappa shape index (κ2) is 6.60. The van der Waals surface area contributed by atoms with Gasteiger partial charge in [-0.25, -0.2) is 0 Å². The normalized spacial score (nSPS) is 17.5. The highest BCUT2D eigenvalue weighted by Crippen LogP contribution is 2.22. The maximum absolute atomic E-state index is 12.5. The van der Waals surface area contributed by atoms with Crippen molar-refractivity contribution in [2.24, 2.45) is 5.92 Å². The molecule has 0 unspecified atom stereocenters. The van der Waals surface area contributed by atoms with Gasteiger partial charge in [-0.2, -0.15) is 0 Å². The third kappa shape index (κ3) is 3.56. The van der Waals surface area contributed by atoms with Crippen molar-refractivity contribution in [3.05, 3.63) is 48.1 Å². The molecule has 1 saturated heterocycles. The van der Waals surface area contributed by atoms with Crippen molar-refractivity contribution in [1.29, 1.82) is 0 Å². The number of pyridine rings is 1. The maximum Gasteiger partial charge on any atom is 0.228 e. The van der Waals surface area contributed by atoms with Gasteiger partial charge in [0.05, 0.1) is 12.5 Å². The van der Waals surface area contributed by atoms with Crippen LogP contribution in [0, 0.1) is 5.92 Å². The minimum absolute atomic E-state index is 0.00189. The molecule has 1 aliphatic rings. The Morgan fingerprint density at radius 2 is 2.35 bits per heavy atom. The predicted molar refractivity (Wildman–Crippen MR) is 80.7 cm³/mol. The first-order valence-corrected chi connectivity index (χ1v) is 7.44. The number of rotatable bonds is 5. The van der Waals surface area contributed by atoms with Crippen LogP contribution in [0.15, 0.2) is 41.4 Å². The Hall–Kier alpha value is -2.70. The Bertz CT molecular complexity index is 672. The summed E-state index contributed by atoms with van der Waals surface area (Å²) < 4.78 is 4.76. The van der Waals surface area contributed by atoms with E-state index in [1.165, 1.54) is 6.26 Å². The first kappa shape index (κ1) is 15.2. The van der Waals surface area contributed by atoms with Crippen LogP contribution in [-0.2, 0) is 22.7 Å². The largest absolute Gasteiger partial charge is 0.364 e. The fourth-order valence-corrected chi connectivity index (χ4v) is 2.75. The summed E-state index contributed by atoms with van der Waals surface area (Å²) in [6, 6.07) is 5.48. The number of hydrogen-bond donors (Lipinski definition) is 0. The highest BCUT2D eigenvalue weighted by atomic mass is 16.5. The average molecular weight is 314 g/mol. The summed E-state index contributed by atoms with van der Waals surface area (Å²) in [5, 5.41) is 3.80. The number of nitrogens with zero attached hydrogens (tertiary/aromatic N) is 4. The van der Waals surface area contributed by atoms with Gasteiger partial charge in [0.15, 0.2) is 0 Å². The van der Waals surface area contributed by atoms with E-state index in [1.807, 2.05) is 12.1 Å². The van der Waals surface area contributed by atoms with E-state index >= 15 is 0 Å². The molecular weight excluding hydrogens is 296 g/mol. The monoisotopic (exact) mass is 314 g/mol. The van der Waals surface area contributed by atoms with Crippen LogP contribution in [0.4, 0.5) is 0 Å². The van der Waals surface area contributed by atoms with E-state index in [0.29, 0.717) is 25.3 Å². The van der Waals surface area contributed by atoms with Gasteiger partial charge in [-0.15, -0.1) is 0 Å². The molecule has 7 heteroatoms. The van der Waals surface area contributed by atoms with Crippen molar-refractivity contribution in [2.75, 3.05) is 13.6 Å². The molecule has 120 valence electrons. The van der Waals surface area contributed by atoms with E-state index in [2.05, 4.69) is 10.1 Å². The van der Waals surface area contributed by atoms with E-state index in [0.717, 1.165) is 5.56 Å². The molecule has 0 bridgehead atoms. The van der Waals surface area contributed by atoms with Crippen molar-refractivity contribution in [2.45, 2.75) is 19.5 Å². The van der Waals surface area contributed by atoms with Crippen molar-refractivity contribution >= 4 is 11.8 Å². The van der Waals surface area contributed by atoms with Gasteiger partial charge in [-0.1, -0.05) is 11.2 Å². The van der Waals surface area contributed by atoms with Gasteiger partial charge in [0.25, 0.3) is 0 Å². The Morgan fingerprint density at radius 3 is 3.04 bits per heavy atom. The van der Waals surface area contributed by atoms with Gasteiger partial charge >= 0.3 is 0 Å². The second-order valence-corrected chi connectivity index (χ2v) is 5.72. The van der Waals surface area contributed by atoms with Crippen LogP contribution in [0.5, 0.6) is 0 Å². The molecule has 0 N–H and O–H groups in total. The summed E-state index contributed by atoms with van der Waals surface area (Å²) in [4.78, 5) is 32.0. The quantitative estimate of drug-likeness (QED) is 0.825. The van der Waals surface area contributed by atoms with Crippen LogP contribution in [0.25, 0.3) is 0 Å². The van der Waals surface area contributed by atoms with Crippen LogP contribution in [0.1, 0.15) is 17.7 Å². The summed E-state index contributed by atoms with van der Waals surface area (Å²) in [5.41, 5.74) is 1.65. The van der Waals surface area contributed by atoms with Gasteiger partial charge < -0.3 is 14.3 Å². The number of hydrogen-bond acceptors (Lipinski definition) is 5. The SMILES string of the molecule is CN(Cc1ccon1)C(=O)[C@H]1CC(=O)N(Cc2cccnc2)C1. The number of likely N-dealkylation sites (tertiary alicyclic amines) is 1. The molecule has 0 spiro atoms. The molecule has 2 aromatic heterocycles. The predicted octanol–water partition coefficient (Wildman–Crippen LogP) is 1.08. The molecular formula is C16H18N4O3. The van der Waals surface area contributed by atoms with Gasteiger partial charge in [0, 0.05) is 45.0 Å². The summed E-state index contributed by atoms with van der Waals surface area (Å²) in [5.74, 6) is -0.354. The minimum Gasteiger partial charge on any atom is -0.364 e. The van der Waals surface area contributed by atoms with Crippen molar-refractivity contribution in [3.8, 4) is 0 Å². The number of carbonyl (C=O) groups excluding carboxylic acids is 2. The summed E-state index contributed by atoms with van der Waals surface area (Å²) in [6.07, 6.45) is 5.16. The lowest BCUT2D eigenvalue weighted by atomic mass is 10.1. The average Bonchev–Trinajstić information content (AvgIpc) is 3.18. The van der Waals surface area contributed by atoms with Crippen molar-refractivity contribution < 1.29 is 14.1 Å². The first-order chi connectivity index (χ1) is 11.1. The number of aromatic nitrogens is 2. The molecule has 3 heterocycles. The molecule has 1 fully saturated rings. The lowest BCUT2D eigenvalue weighted by Crippen LogP contribution is -2.34. The minimum atomic E-state index is -0.309. The summed E-state index contributed by atoms with van der Waals surface area (Å²) >= 11 is 0. The molecule has 23 heavy (non-hydrogen) atoms. The van der Waals surface area contributed by atoms with E-state index in [4.69, 9.17) is 4.52 Å². The van der Waals surface area contributed by atoms with Gasteiger partial charge in [0.1, 0.15) is 12.0 Å². The molecule has 7 nitrogen and oxygen atoms in total. The van der Waals surface area contributed by atoms with Crippen LogP contribution in [0.2, 0.25) is 0 Å². The highest BCUT2D eigenvalue weighted by molar-refractivity contribution is 5.89. The fraction of sp³-hybridized carbons (Fsp3) is 0.375. The lowest BCUT2D eigenvalue weighted by molar-refractivity contribution is -0.135. The van der Waals surface area contributed by atoms with Crippen molar-refractivity contribution in [3.63, 3.8) is 0 Å². The standard InChI is InChI=1S/C16H18N4O3/c1-19(11-14-4-6-23-18-14)16(22)13-7-15(21)20(10-13)9-12-3-2-5-17-8-12/h2-6,8,13H,7,9-11H2,1H3/t13-/m0/s1. The molecule has 0 aromatic carbocycles. The zero-order valence-corrected chi connectivity index (χ0v) is 12.9. The van der Waals surface area contributed by atoms with E-state index in [9.17, 15) is 9.59 Å². The third-order valence-electron chi connectivity index (χ3n) is 3.93. The van der Waals surface area contributed by atoms with Crippen LogP contribution < -0.4 is 0 Å². The van der Waals surface area contributed by atoms with Gasteiger partial charge in [-0.3, -0.25) is 14.6 Å². The maximum atomic E-state index is 12.5. The molecule has 2 aromatic rings. The Morgan fingerprint density at radius 1 is 1.48 bits per heavy atom. The van der Waals surface area contributed by atoms with Gasteiger partial charge in [0.2, 0.25) is 11.8 Å². The van der Waals surface area contributed by atoms with Crippen molar-refractivity contribution in [1.82, 2.24) is 19.9 Å². The molecule has 0 aliphatic carbocycles. The first-order valence-electron chi connectivity index (χ1n) is 7.44. The Labute approximate surface area is 133 Å². The van der Waals surface area contributed by atoms with Crippen LogP contribution in [0.3, 0.4) is 0 Å². The van der Waals surface area contributed by atoms with Gasteiger partial charge in [-0.05, 0) is 11.6 Å². The molecule has 2 amide bonds. The van der Waals surface area contributed by atoms with E-state index in [1.54, 1.807) is 35.3 Å². The Balaban J connectivity index is 1.59. The Kier molecular flexibility index (Phi) is 4.36. The topological polar surface area (TPSA) is 79.5 Å². The fourth-order valence-electron chi connectivity index (χ4n) is 2.75. The molecule has 1 aliphatic heterocycles. The molecule has 1 atom stereocenters. The zero-order chi connectivity index (χ0) is 16.2. The molecule has 0 saturated carbocycles. The van der Waals surface area contributed by atoms with Crippen LogP contribution in [-0.4, -0.2) is 45.3 Å². The number of amides is 2. The summed E-state index contributed by atoms with van der Waals surface area (Å²) in [7, 11) is 1.71. The lowest BCUT2D eigenvalue weighted by Gasteiger charge is -2.20. The smallest absolute Gasteiger partial charge is 0.228 e. The third-order valence-corrected chi connectivity index (χ3v) is 3.93. The highest BCUT2D eigenvalue weighted by Gasteiger charge is 2.35. The zero-order valence-electron chi connectivity index (χ0n) is 12.9. The van der Waals surface area contributed by atoms with E-state index in [-0.39, 0.29) is 24.2 Å². The number of carbonyl (C=O) groups is 2. The van der Waals surface area contributed by atoms with Crippen LogP contribution >= 0.6 is 0 Å². The van der Waals surface area contributed by atoms with E-state index < -0.39 is 0 Å². The second-order valence-electron chi connectivity index (χ2n) is 5.72. The molecule has 0 radical (unpaired) electrons. The molecule has 3 rings (SSSR count). The summed E-state index contributed by atoms with van der Waals surface area (Å²) in [6.45, 7) is 1.31.